The van der Waals surface area contributed by atoms with Gasteiger partial charge in [-0.25, -0.2) is 0 Å². The minimum Gasteiger partial charge on any atom is -0.359 e. The molecule has 0 saturated carbocycles. The number of thiocarbonyl (C=S) groups is 1. The molecule has 2 aromatic carbocycles. The minimum atomic E-state index is 0.193. The van der Waals surface area contributed by atoms with Gasteiger partial charge in [0.1, 0.15) is 0 Å². The van der Waals surface area contributed by atoms with E-state index < -0.39 is 0 Å². The minimum absolute atomic E-state index is 0.193. The van der Waals surface area contributed by atoms with Crippen molar-refractivity contribution in [3.05, 3.63) is 70.3 Å². The number of hydrogen-bond donors (Lipinski definition) is 2. The molecule has 2 aromatic rings. The molecule has 22 heavy (non-hydrogen) atoms. The van der Waals surface area contributed by atoms with Gasteiger partial charge in [0.15, 0.2) is 5.11 Å². The first kappa shape index (κ1) is 16.5. The number of nitrogens with one attached hydrogen (secondary N) is 2. The van der Waals surface area contributed by atoms with Crippen molar-refractivity contribution in [2.24, 2.45) is 0 Å². The molecule has 2 N–H and O–H groups in total. The summed E-state index contributed by atoms with van der Waals surface area (Å²) < 4.78 is 0. The lowest BCUT2D eigenvalue weighted by Crippen LogP contribution is -2.36. The van der Waals surface area contributed by atoms with Gasteiger partial charge in [0, 0.05) is 6.54 Å². The quantitative estimate of drug-likeness (QED) is 0.821. The Balaban J connectivity index is 1.91. The monoisotopic (exact) mass is 312 g/mol. The number of benzene rings is 2. The maximum absolute atomic E-state index is 5.41. The Morgan fingerprint density at radius 1 is 1.00 bits per heavy atom. The van der Waals surface area contributed by atoms with Gasteiger partial charge in [-0.05, 0) is 56.6 Å². The van der Waals surface area contributed by atoms with Crippen LogP contribution in [0.3, 0.4) is 0 Å². The molecule has 0 bridgehead atoms. The van der Waals surface area contributed by atoms with Crippen LogP contribution in [0.1, 0.15) is 40.8 Å². The fourth-order valence-corrected chi connectivity index (χ4v) is 2.69. The summed E-state index contributed by atoms with van der Waals surface area (Å²) in [5, 5.41) is 7.33. The second kappa shape index (κ2) is 7.41. The summed E-state index contributed by atoms with van der Waals surface area (Å²) in [6, 6.07) is 15.2. The zero-order valence-corrected chi connectivity index (χ0v) is 14.6. The third-order valence-corrected chi connectivity index (χ3v) is 4.08. The lowest BCUT2D eigenvalue weighted by molar-refractivity contribution is 0.693. The molecule has 2 rings (SSSR count). The number of aryl methyl sites for hydroxylation is 3. The van der Waals surface area contributed by atoms with Gasteiger partial charge < -0.3 is 10.6 Å². The van der Waals surface area contributed by atoms with Gasteiger partial charge in [0.25, 0.3) is 0 Å². The average Bonchev–Trinajstić information content (AvgIpc) is 2.49. The zero-order valence-electron chi connectivity index (χ0n) is 13.7. The Labute approximate surface area is 139 Å². The zero-order chi connectivity index (χ0) is 16.1. The summed E-state index contributed by atoms with van der Waals surface area (Å²) in [5.41, 5.74) is 6.35. The molecule has 0 saturated heterocycles. The first-order valence-electron chi connectivity index (χ1n) is 7.63. The molecule has 0 amide bonds. The molecule has 0 aliphatic carbocycles. The molecule has 0 aliphatic rings. The van der Waals surface area contributed by atoms with Gasteiger partial charge in [-0.2, -0.15) is 0 Å². The van der Waals surface area contributed by atoms with Crippen LogP contribution < -0.4 is 10.6 Å². The van der Waals surface area contributed by atoms with Crippen LogP contribution >= 0.6 is 12.2 Å². The summed E-state index contributed by atoms with van der Waals surface area (Å²) in [6.45, 7) is 9.22. The van der Waals surface area contributed by atoms with Crippen molar-refractivity contribution in [2.75, 3.05) is 0 Å². The smallest absolute Gasteiger partial charge is 0.167 e. The number of rotatable bonds is 4. The van der Waals surface area contributed by atoms with Gasteiger partial charge in [-0.3, -0.25) is 0 Å². The molecule has 0 aliphatic heterocycles. The third-order valence-electron chi connectivity index (χ3n) is 3.82. The van der Waals surface area contributed by atoms with E-state index in [0.717, 1.165) is 6.54 Å². The molecule has 1 atom stereocenters. The predicted molar refractivity (Wildman–Crippen MR) is 98.1 cm³/mol. The van der Waals surface area contributed by atoms with Crippen molar-refractivity contribution in [1.29, 1.82) is 0 Å². The molecule has 0 aromatic heterocycles. The van der Waals surface area contributed by atoms with Gasteiger partial charge in [0.2, 0.25) is 0 Å². The van der Waals surface area contributed by atoms with E-state index in [2.05, 4.69) is 80.8 Å². The third kappa shape index (κ3) is 4.57. The van der Waals surface area contributed by atoms with Crippen molar-refractivity contribution in [3.63, 3.8) is 0 Å². The Bertz CT molecular complexity index is 647. The van der Waals surface area contributed by atoms with Crippen molar-refractivity contribution in [3.8, 4) is 0 Å². The molecular weight excluding hydrogens is 288 g/mol. The standard InChI is InChI=1S/C19H24N2S/c1-13-6-9-17(10-7-13)12-20-19(22)21-16(4)18-11-14(2)5-8-15(18)3/h5-11,16H,12H2,1-4H3,(H2,20,21,22). The highest BCUT2D eigenvalue weighted by molar-refractivity contribution is 7.80. The van der Waals surface area contributed by atoms with E-state index in [-0.39, 0.29) is 6.04 Å². The summed E-state index contributed by atoms with van der Waals surface area (Å²) in [6.07, 6.45) is 0. The largest absolute Gasteiger partial charge is 0.359 e. The van der Waals surface area contributed by atoms with Crippen LogP contribution in [0.25, 0.3) is 0 Å². The second-order valence-electron chi connectivity index (χ2n) is 5.89. The van der Waals surface area contributed by atoms with Crippen LogP contribution in [-0.4, -0.2) is 5.11 Å². The van der Waals surface area contributed by atoms with Crippen molar-refractivity contribution in [1.82, 2.24) is 10.6 Å². The van der Waals surface area contributed by atoms with Crippen LogP contribution in [0.15, 0.2) is 42.5 Å². The second-order valence-corrected chi connectivity index (χ2v) is 6.30. The van der Waals surface area contributed by atoms with E-state index in [4.69, 9.17) is 12.2 Å². The lowest BCUT2D eigenvalue weighted by Gasteiger charge is -2.19. The molecule has 0 spiro atoms. The summed E-state index contributed by atoms with van der Waals surface area (Å²) in [7, 11) is 0. The highest BCUT2D eigenvalue weighted by Gasteiger charge is 2.09. The van der Waals surface area contributed by atoms with Crippen molar-refractivity contribution in [2.45, 2.75) is 40.3 Å². The maximum atomic E-state index is 5.41. The average molecular weight is 312 g/mol. The summed E-state index contributed by atoms with van der Waals surface area (Å²) in [5.74, 6) is 0. The van der Waals surface area contributed by atoms with E-state index in [0.29, 0.717) is 5.11 Å². The highest BCUT2D eigenvalue weighted by atomic mass is 32.1. The molecular formula is C19H24N2S. The summed E-state index contributed by atoms with van der Waals surface area (Å²) >= 11 is 5.41. The first-order chi connectivity index (χ1) is 10.5. The highest BCUT2D eigenvalue weighted by Crippen LogP contribution is 2.18. The van der Waals surface area contributed by atoms with Gasteiger partial charge in [-0.1, -0.05) is 53.6 Å². The molecule has 3 heteroatoms. The van der Waals surface area contributed by atoms with E-state index in [1.54, 1.807) is 0 Å². The Morgan fingerprint density at radius 2 is 1.64 bits per heavy atom. The molecule has 1 unspecified atom stereocenters. The maximum Gasteiger partial charge on any atom is 0.167 e. The Kier molecular flexibility index (Phi) is 5.56. The van der Waals surface area contributed by atoms with Crippen LogP contribution in [0.2, 0.25) is 0 Å². The molecule has 116 valence electrons. The Morgan fingerprint density at radius 3 is 2.32 bits per heavy atom. The molecule has 0 heterocycles. The van der Waals surface area contributed by atoms with Crippen LogP contribution in [0, 0.1) is 20.8 Å². The fourth-order valence-electron chi connectivity index (χ4n) is 2.44. The van der Waals surface area contributed by atoms with Crippen LogP contribution in [0.5, 0.6) is 0 Å². The van der Waals surface area contributed by atoms with Crippen LogP contribution in [0.4, 0.5) is 0 Å². The SMILES string of the molecule is Cc1ccc(CNC(=S)NC(C)c2cc(C)ccc2C)cc1. The fraction of sp³-hybridized carbons (Fsp3) is 0.316. The van der Waals surface area contributed by atoms with Crippen molar-refractivity contribution >= 4 is 17.3 Å². The number of hydrogen-bond acceptors (Lipinski definition) is 1. The predicted octanol–water partition coefficient (Wildman–Crippen LogP) is 4.34. The Hall–Kier alpha value is -1.87. The van der Waals surface area contributed by atoms with E-state index in [9.17, 15) is 0 Å². The van der Waals surface area contributed by atoms with Gasteiger partial charge in [0.05, 0.1) is 6.04 Å². The van der Waals surface area contributed by atoms with E-state index in [1.807, 2.05) is 0 Å². The van der Waals surface area contributed by atoms with Crippen LogP contribution in [-0.2, 0) is 6.54 Å². The summed E-state index contributed by atoms with van der Waals surface area (Å²) in [4.78, 5) is 0. The van der Waals surface area contributed by atoms with Crippen molar-refractivity contribution < 1.29 is 0 Å². The van der Waals surface area contributed by atoms with E-state index in [1.165, 1.54) is 27.8 Å². The van der Waals surface area contributed by atoms with E-state index >= 15 is 0 Å². The first-order valence-corrected chi connectivity index (χ1v) is 8.03. The normalized spacial score (nSPS) is 11.8. The molecule has 2 nitrogen and oxygen atoms in total. The van der Waals surface area contributed by atoms with Gasteiger partial charge >= 0.3 is 0 Å². The van der Waals surface area contributed by atoms with Gasteiger partial charge in [-0.15, -0.1) is 0 Å². The molecule has 0 radical (unpaired) electrons. The topological polar surface area (TPSA) is 24.1 Å². The lowest BCUT2D eigenvalue weighted by atomic mass is 10.0. The molecule has 0 fully saturated rings.